The Morgan fingerprint density at radius 2 is 1.67 bits per heavy atom. The number of hydrogen-bond acceptors (Lipinski definition) is 1. The molecule has 0 bridgehead atoms. The van der Waals surface area contributed by atoms with E-state index in [0.717, 1.165) is 18.1 Å². The van der Waals surface area contributed by atoms with Crippen molar-refractivity contribution in [2.24, 2.45) is 0 Å². The van der Waals surface area contributed by atoms with Crippen LogP contribution in [0.2, 0.25) is 5.02 Å². The first-order valence-electron chi connectivity index (χ1n) is 7.42. The summed E-state index contributed by atoms with van der Waals surface area (Å²) in [7, 11) is 2.18. The summed E-state index contributed by atoms with van der Waals surface area (Å²) in [6.45, 7) is 2.13. The summed E-state index contributed by atoms with van der Waals surface area (Å²) in [5, 5.41) is 0.781. The second-order valence-electron chi connectivity index (χ2n) is 5.45. The molecule has 1 heterocycles. The summed E-state index contributed by atoms with van der Waals surface area (Å²) in [6.07, 6.45) is 2.42. The molecule has 0 N–H and O–H groups in total. The monoisotopic (exact) mass is 299 g/mol. The van der Waals surface area contributed by atoms with Gasteiger partial charge in [0.05, 0.1) is 25.7 Å². The predicted molar refractivity (Wildman–Crippen MR) is 89.6 cm³/mol. The van der Waals surface area contributed by atoms with E-state index in [4.69, 9.17) is 11.6 Å². The molecule has 2 aromatic rings. The van der Waals surface area contributed by atoms with E-state index in [2.05, 4.69) is 59.0 Å². The van der Waals surface area contributed by atoms with Crippen LogP contribution in [0, 0.1) is 0 Å². The summed E-state index contributed by atoms with van der Waals surface area (Å²) < 4.78 is 2.36. The van der Waals surface area contributed by atoms with Crippen LogP contribution in [-0.2, 0) is 0 Å². The molecule has 1 aliphatic rings. The van der Waals surface area contributed by atoms with Crippen molar-refractivity contribution >= 4 is 23.1 Å². The van der Waals surface area contributed by atoms with Crippen LogP contribution in [0.5, 0.6) is 0 Å². The van der Waals surface area contributed by atoms with Gasteiger partial charge >= 0.3 is 0 Å². The Morgan fingerprint density at radius 3 is 2.38 bits per heavy atom. The maximum Gasteiger partial charge on any atom is 0.284 e. The highest BCUT2D eigenvalue weighted by atomic mass is 35.5. The Hall–Kier alpha value is -1.80. The molecule has 0 fully saturated rings. The minimum atomic E-state index is 0.781. The number of anilines is 1. The highest BCUT2D eigenvalue weighted by Crippen LogP contribution is 2.22. The van der Waals surface area contributed by atoms with E-state index in [1.165, 1.54) is 29.9 Å². The van der Waals surface area contributed by atoms with Gasteiger partial charge in [-0.2, -0.15) is 0 Å². The Labute approximate surface area is 131 Å². The van der Waals surface area contributed by atoms with Gasteiger partial charge in [-0.05, 0) is 49.2 Å². The van der Waals surface area contributed by atoms with Gasteiger partial charge in [0.1, 0.15) is 5.69 Å². The smallest absolute Gasteiger partial charge is 0.264 e. The average molecular weight is 300 g/mol. The summed E-state index contributed by atoms with van der Waals surface area (Å²) in [6, 6.07) is 18.7. The lowest BCUT2D eigenvalue weighted by molar-refractivity contribution is -0.497. The minimum absolute atomic E-state index is 0.781. The van der Waals surface area contributed by atoms with Crippen LogP contribution < -0.4 is 4.90 Å². The van der Waals surface area contributed by atoms with Crippen molar-refractivity contribution in [3.63, 3.8) is 0 Å². The molecule has 0 aromatic heterocycles. The largest absolute Gasteiger partial charge is 0.284 e. The number of amidine groups is 1. The molecule has 3 heteroatoms. The third kappa shape index (κ3) is 3.11. The molecule has 0 spiro atoms. The molecule has 2 aromatic carbocycles. The topological polar surface area (TPSA) is 6.25 Å². The van der Waals surface area contributed by atoms with E-state index in [9.17, 15) is 0 Å². The van der Waals surface area contributed by atoms with Crippen LogP contribution in [0.1, 0.15) is 18.4 Å². The van der Waals surface area contributed by atoms with Gasteiger partial charge in [0.15, 0.2) is 0 Å². The lowest BCUT2D eigenvalue weighted by atomic mass is 10.1. The highest BCUT2D eigenvalue weighted by Gasteiger charge is 2.27. The van der Waals surface area contributed by atoms with E-state index in [1.807, 2.05) is 12.1 Å². The van der Waals surface area contributed by atoms with Crippen molar-refractivity contribution in [2.45, 2.75) is 12.8 Å². The zero-order valence-electron chi connectivity index (χ0n) is 12.3. The Bertz CT molecular complexity index is 632. The number of nitrogens with zero attached hydrogens (tertiary/aromatic N) is 2. The molecule has 2 nitrogen and oxygen atoms in total. The van der Waals surface area contributed by atoms with E-state index < -0.39 is 0 Å². The van der Waals surface area contributed by atoms with Gasteiger partial charge in [0.25, 0.3) is 5.84 Å². The summed E-state index contributed by atoms with van der Waals surface area (Å²) in [5.74, 6) is 1.27. The number of halogens is 1. The third-order valence-corrected chi connectivity index (χ3v) is 4.16. The molecule has 0 amide bonds. The maximum absolute atomic E-state index is 6.03. The molecular formula is C18H20ClN2+. The van der Waals surface area contributed by atoms with Crippen LogP contribution in [0.25, 0.3) is 0 Å². The highest BCUT2D eigenvalue weighted by molar-refractivity contribution is 6.30. The van der Waals surface area contributed by atoms with Crippen LogP contribution in [0.4, 0.5) is 5.69 Å². The van der Waals surface area contributed by atoms with Gasteiger partial charge in [-0.1, -0.05) is 29.8 Å². The number of rotatable bonds is 2. The Morgan fingerprint density at radius 1 is 0.952 bits per heavy atom. The van der Waals surface area contributed by atoms with Gasteiger partial charge < -0.3 is 0 Å². The van der Waals surface area contributed by atoms with Gasteiger partial charge in [-0.3, -0.25) is 4.58 Å². The van der Waals surface area contributed by atoms with E-state index in [0.29, 0.717) is 0 Å². The van der Waals surface area contributed by atoms with Crippen molar-refractivity contribution in [3.05, 3.63) is 65.2 Å². The predicted octanol–water partition coefficient (Wildman–Crippen LogP) is 4.03. The Balaban J connectivity index is 2.07. The molecule has 1 aliphatic heterocycles. The first-order chi connectivity index (χ1) is 10.3. The van der Waals surface area contributed by atoms with Gasteiger partial charge in [-0.25, -0.2) is 4.90 Å². The van der Waals surface area contributed by atoms with Crippen molar-refractivity contribution < 1.29 is 4.58 Å². The van der Waals surface area contributed by atoms with E-state index >= 15 is 0 Å². The molecular weight excluding hydrogens is 280 g/mol. The van der Waals surface area contributed by atoms with Crippen molar-refractivity contribution in [1.29, 1.82) is 0 Å². The van der Waals surface area contributed by atoms with Gasteiger partial charge in [0.2, 0.25) is 0 Å². The molecule has 0 aliphatic carbocycles. The van der Waals surface area contributed by atoms with Crippen molar-refractivity contribution in [1.82, 2.24) is 0 Å². The minimum Gasteiger partial charge on any atom is -0.264 e. The molecule has 108 valence electrons. The van der Waals surface area contributed by atoms with Crippen LogP contribution in [0.3, 0.4) is 0 Å². The lowest BCUT2D eigenvalue weighted by Crippen LogP contribution is -2.37. The van der Waals surface area contributed by atoms with E-state index in [1.54, 1.807) is 0 Å². The third-order valence-electron chi connectivity index (χ3n) is 3.91. The first-order valence-corrected chi connectivity index (χ1v) is 7.80. The molecule has 0 saturated heterocycles. The lowest BCUT2D eigenvalue weighted by Gasteiger charge is -2.19. The summed E-state index contributed by atoms with van der Waals surface area (Å²) in [5.41, 5.74) is 2.46. The van der Waals surface area contributed by atoms with Gasteiger partial charge in [-0.15, -0.1) is 0 Å². The molecule has 0 unspecified atom stereocenters. The molecule has 0 atom stereocenters. The quantitative estimate of drug-likeness (QED) is 0.759. The second kappa shape index (κ2) is 6.31. The normalized spacial score (nSPS) is 16.0. The maximum atomic E-state index is 6.03. The molecule has 3 rings (SSSR count). The van der Waals surface area contributed by atoms with Crippen molar-refractivity contribution in [3.8, 4) is 0 Å². The molecule has 21 heavy (non-hydrogen) atoms. The number of hydrogen-bond donors (Lipinski definition) is 0. The van der Waals surface area contributed by atoms with Crippen LogP contribution >= 0.6 is 11.6 Å². The fraction of sp³-hybridized carbons (Fsp3) is 0.278. The zero-order chi connectivity index (χ0) is 14.7. The molecule has 0 radical (unpaired) electrons. The van der Waals surface area contributed by atoms with Gasteiger partial charge in [0, 0.05) is 5.02 Å². The SMILES string of the molecule is C[N+]1=C(c2ccccc2)N(c2ccc(Cl)cc2)CCCC1. The van der Waals surface area contributed by atoms with E-state index in [-0.39, 0.29) is 0 Å². The second-order valence-corrected chi connectivity index (χ2v) is 5.88. The zero-order valence-corrected chi connectivity index (χ0v) is 13.1. The fourth-order valence-electron chi connectivity index (χ4n) is 2.87. The van der Waals surface area contributed by atoms with Crippen LogP contribution in [-0.4, -0.2) is 30.5 Å². The Kier molecular flexibility index (Phi) is 4.26. The first kappa shape index (κ1) is 14.2. The molecule has 0 saturated carbocycles. The van der Waals surface area contributed by atoms with Crippen LogP contribution in [0.15, 0.2) is 54.6 Å². The summed E-state index contributed by atoms with van der Waals surface area (Å²) in [4.78, 5) is 2.40. The average Bonchev–Trinajstić information content (AvgIpc) is 2.71. The fourth-order valence-corrected chi connectivity index (χ4v) is 3.00. The van der Waals surface area contributed by atoms with Crippen molar-refractivity contribution in [2.75, 3.05) is 25.0 Å². The standard InChI is InChI=1S/C18H20ClN2/c1-20-13-5-6-14-21(17-11-9-16(19)10-12-17)18(20)15-7-3-2-4-8-15/h2-4,7-12H,5-6,13-14H2,1H3/q+1. The summed E-state index contributed by atoms with van der Waals surface area (Å²) >= 11 is 6.03. The number of benzene rings is 2.